The van der Waals surface area contributed by atoms with Gasteiger partial charge in [0.15, 0.2) is 5.96 Å². The molecule has 0 atom stereocenters. The highest BCUT2D eigenvalue weighted by Crippen LogP contribution is 1.93. The van der Waals surface area contributed by atoms with Gasteiger partial charge in [-0.3, -0.25) is 9.79 Å². The first-order chi connectivity index (χ1) is 8.70. The molecule has 3 N–H and O–H groups in total. The minimum absolute atomic E-state index is 0. The highest BCUT2D eigenvalue weighted by Gasteiger charge is 2.00. The van der Waals surface area contributed by atoms with Crippen molar-refractivity contribution < 1.29 is 14.3 Å². The van der Waals surface area contributed by atoms with Crippen molar-refractivity contribution in [3.63, 3.8) is 0 Å². The summed E-state index contributed by atoms with van der Waals surface area (Å²) in [5.74, 6) is 0.228. The molecule has 0 amide bonds. The standard InChI is InChI=1S/C12H25N3O3.HI/c1-3-17-10-6-9-15-12(13)14-8-5-7-11(16)18-4-2;/h3-10H2,1-2H3,(H3,13,14,15);1H. The Morgan fingerprint density at radius 1 is 1.26 bits per heavy atom. The van der Waals surface area contributed by atoms with Crippen LogP contribution in [-0.2, 0) is 14.3 Å². The lowest BCUT2D eigenvalue weighted by atomic mass is 10.3. The fourth-order valence-electron chi connectivity index (χ4n) is 1.25. The molecule has 0 heterocycles. The Balaban J connectivity index is 0. The fraction of sp³-hybridized carbons (Fsp3) is 0.833. The molecule has 0 aromatic carbocycles. The van der Waals surface area contributed by atoms with Gasteiger partial charge >= 0.3 is 5.97 Å². The van der Waals surface area contributed by atoms with Gasteiger partial charge in [0.25, 0.3) is 0 Å². The van der Waals surface area contributed by atoms with E-state index >= 15 is 0 Å². The molecule has 0 aliphatic heterocycles. The van der Waals surface area contributed by atoms with E-state index in [1.54, 1.807) is 6.92 Å². The van der Waals surface area contributed by atoms with Crippen LogP contribution in [0.2, 0.25) is 0 Å². The number of carbonyl (C=O) groups is 1. The number of ether oxygens (including phenoxy) is 2. The molecule has 0 aliphatic carbocycles. The number of halogens is 1. The van der Waals surface area contributed by atoms with E-state index in [1.165, 1.54) is 0 Å². The van der Waals surface area contributed by atoms with Crippen molar-refractivity contribution >= 4 is 35.9 Å². The van der Waals surface area contributed by atoms with Gasteiger partial charge in [0, 0.05) is 32.7 Å². The van der Waals surface area contributed by atoms with E-state index in [1.807, 2.05) is 6.92 Å². The number of rotatable bonds is 10. The molecule has 0 bridgehead atoms. The van der Waals surface area contributed by atoms with Crippen LogP contribution in [0.25, 0.3) is 0 Å². The normalized spacial score (nSPS) is 10.7. The number of guanidine groups is 1. The van der Waals surface area contributed by atoms with E-state index in [0.717, 1.165) is 26.2 Å². The number of nitrogens with two attached hydrogens (primary N) is 1. The molecule has 0 unspecified atom stereocenters. The van der Waals surface area contributed by atoms with Crippen LogP contribution in [0.1, 0.15) is 33.1 Å². The smallest absolute Gasteiger partial charge is 0.305 e. The lowest BCUT2D eigenvalue weighted by Crippen LogP contribution is -2.33. The van der Waals surface area contributed by atoms with Crippen molar-refractivity contribution in [2.45, 2.75) is 33.1 Å². The van der Waals surface area contributed by atoms with Gasteiger partial charge in [-0.05, 0) is 26.7 Å². The summed E-state index contributed by atoms with van der Waals surface area (Å²) in [7, 11) is 0. The molecular weight excluding hydrogens is 361 g/mol. The Morgan fingerprint density at radius 3 is 2.63 bits per heavy atom. The lowest BCUT2D eigenvalue weighted by molar-refractivity contribution is -0.143. The molecule has 0 spiro atoms. The van der Waals surface area contributed by atoms with Crippen molar-refractivity contribution in [2.24, 2.45) is 10.7 Å². The van der Waals surface area contributed by atoms with Crippen LogP contribution in [-0.4, -0.2) is 44.8 Å². The molecule has 0 aromatic heterocycles. The van der Waals surface area contributed by atoms with E-state index in [9.17, 15) is 4.79 Å². The molecule has 0 saturated heterocycles. The van der Waals surface area contributed by atoms with Gasteiger partial charge in [0.05, 0.1) is 6.61 Å². The van der Waals surface area contributed by atoms with Crippen LogP contribution in [0.15, 0.2) is 4.99 Å². The number of hydrogen-bond acceptors (Lipinski definition) is 4. The molecule has 7 heteroatoms. The van der Waals surface area contributed by atoms with Crippen molar-refractivity contribution in [3.05, 3.63) is 0 Å². The van der Waals surface area contributed by atoms with Crippen LogP contribution in [0, 0.1) is 0 Å². The summed E-state index contributed by atoms with van der Waals surface area (Å²) in [6.45, 7) is 6.91. The molecule has 0 radical (unpaired) electrons. The van der Waals surface area contributed by atoms with Gasteiger partial charge in [-0.15, -0.1) is 24.0 Å². The number of hydrogen-bond donors (Lipinski definition) is 2. The Labute approximate surface area is 132 Å². The monoisotopic (exact) mass is 387 g/mol. The molecule has 0 aromatic rings. The maximum absolute atomic E-state index is 11.0. The first-order valence-electron chi connectivity index (χ1n) is 6.47. The Hall–Kier alpha value is -0.570. The molecule has 0 aliphatic rings. The number of aliphatic imine (C=N–C) groups is 1. The minimum Gasteiger partial charge on any atom is -0.466 e. The van der Waals surface area contributed by atoms with Gasteiger partial charge in [0.2, 0.25) is 0 Å². The van der Waals surface area contributed by atoms with Crippen LogP contribution in [0.4, 0.5) is 0 Å². The van der Waals surface area contributed by atoms with E-state index in [0.29, 0.717) is 32.0 Å². The quantitative estimate of drug-likeness (QED) is 0.194. The van der Waals surface area contributed by atoms with E-state index in [2.05, 4.69) is 10.3 Å². The topological polar surface area (TPSA) is 85.9 Å². The van der Waals surface area contributed by atoms with Crippen molar-refractivity contribution in [1.82, 2.24) is 5.32 Å². The number of esters is 1. The minimum atomic E-state index is -0.184. The van der Waals surface area contributed by atoms with Crippen LogP contribution < -0.4 is 11.1 Å². The summed E-state index contributed by atoms with van der Waals surface area (Å²) in [5.41, 5.74) is 5.65. The summed E-state index contributed by atoms with van der Waals surface area (Å²) in [6, 6.07) is 0. The average molecular weight is 387 g/mol. The zero-order valence-corrected chi connectivity index (χ0v) is 14.1. The SMILES string of the molecule is CCOCCCNC(N)=NCCCC(=O)OCC.I. The number of carbonyl (C=O) groups excluding carboxylic acids is 1. The Kier molecular flexibility index (Phi) is 16.9. The summed E-state index contributed by atoms with van der Waals surface area (Å²) >= 11 is 0. The lowest BCUT2D eigenvalue weighted by Gasteiger charge is -2.05. The third-order valence-electron chi connectivity index (χ3n) is 2.10. The first kappa shape index (κ1) is 20.7. The molecule has 0 rings (SSSR count). The molecule has 114 valence electrons. The fourth-order valence-corrected chi connectivity index (χ4v) is 1.25. The largest absolute Gasteiger partial charge is 0.466 e. The third-order valence-corrected chi connectivity index (χ3v) is 2.10. The second-order valence-corrected chi connectivity index (χ2v) is 3.65. The zero-order chi connectivity index (χ0) is 13.6. The van der Waals surface area contributed by atoms with Crippen LogP contribution in [0.5, 0.6) is 0 Å². The molecule has 0 fully saturated rings. The second kappa shape index (κ2) is 15.5. The van der Waals surface area contributed by atoms with Crippen molar-refractivity contribution in [1.29, 1.82) is 0 Å². The summed E-state index contributed by atoms with van der Waals surface area (Å²) in [6.07, 6.45) is 1.93. The summed E-state index contributed by atoms with van der Waals surface area (Å²) in [5, 5.41) is 2.99. The van der Waals surface area contributed by atoms with Gasteiger partial charge in [0.1, 0.15) is 0 Å². The third kappa shape index (κ3) is 15.4. The first-order valence-corrected chi connectivity index (χ1v) is 6.47. The van der Waals surface area contributed by atoms with Crippen LogP contribution in [0.3, 0.4) is 0 Å². The van der Waals surface area contributed by atoms with Gasteiger partial charge in [-0.1, -0.05) is 0 Å². The maximum Gasteiger partial charge on any atom is 0.305 e. The Morgan fingerprint density at radius 2 is 2.00 bits per heavy atom. The maximum atomic E-state index is 11.0. The summed E-state index contributed by atoms with van der Waals surface area (Å²) < 4.78 is 9.99. The molecular formula is C12H26IN3O3. The Bertz CT molecular complexity index is 250. The summed E-state index contributed by atoms with van der Waals surface area (Å²) in [4.78, 5) is 15.1. The zero-order valence-electron chi connectivity index (χ0n) is 11.8. The van der Waals surface area contributed by atoms with E-state index in [-0.39, 0.29) is 29.9 Å². The molecule has 0 saturated carbocycles. The van der Waals surface area contributed by atoms with E-state index in [4.69, 9.17) is 15.2 Å². The highest BCUT2D eigenvalue weighted by atomic mass is 127. The number of nitrogens with one attached hydrogen (secondary N) is 1. The number of nitrogens with zero attached hydrogens (tertiary/aromatic N) is 1. The predicted octanol–water partition coefficient (Wildman–Crippen LogP) is 1.28. The second-order valence-electron chi connectivity index (χ2n) is 3.65. The van der Waals surface area contributed by atoms with Gasteiger partial charge in [-0.25, -0.2) is 0 Å². The average Bonchev–Trinajstić information content (AvgIpc) is 2.35. The highest BCUT2D eigenvalue weighted by molar-refractivity contribution is 14.0. The van der Waals surface area contributed by atoms with E-state index < -0.39 is 0 Å². The van der Waals surface area contributed by atoms with Crippen molar-refractivity contribution in [3.8, 4) is 0 Å². The van der Waals surface area contributed by atoms with Crippen molar-refractivity contribution in [2.75, 3.05) is 32.9 Å². The predicted molar refractivity (Wildman–Crippen MR) is 86.9 cm³/mol. The molecule has 6 nitrogen and oxygen atoms in total. The van der Waals surface area contributed by atoms with Gasteiger partial charge in [-0.2, -0.15) is 0 Å². The van der Waals surface area contributed by atoms with Crippen LogP contribution >= 0.6 is 24.0 Å². The van der Waals surface area contributed by atoms with Gasteiger partial charge < -0.3 is 20.5 Å². The molecule has 19 heavy (non-hydrogen) atoms.